The lowest BCUT2D eigenvalue weighted by Crippen LogP contribution is -2.30. The molecule has 0 saturated carbocycles. The number of hydrogen-bond donors (Lipinski definition) is 0. The first-order chi connectivity index (χ1) is 8.33. The summed E-state index contributed by atoms with van der Waals surface area (Å²) in [6.45, 7) is 1.76. The third-order valence-corrected chi connectivity index (χ3v) is 2.89. The van der Waals surface area contributed by atoms with E-state index in [-0.39, 0.29) is 0 Å². The third-order valence-electron chi connectivity index (χ3n) is 2.89. The Morgan fingerprint density at radius 3 is 2.65 bits per heavy atom. The molecule has 1 aliphatic rings. The van der Waals surface area contributed by atoms with Gasteiger partial charge in [0.1, 0.15) is 6.07 Å². The predicted molar refractivity (Wildman–Crippen MR) is 64.1 cm³/mol. The molecular weight excluding hydrogens is 212 g/mol. The fraction of sp³-hybridized carbons (Fsp3) is 0.308. The molecule has 2 heterocycles. The van der Waals surface area contributed by atoms with E-state index in [0.29, 0.717) is 5.56 Å². The first-order valence-electron chi connectivity index (χ1n) is 5.51. The van der Waals surface area contributed by atoms with Crippen LogP contribution < -0.4 is 4.90 Å². The summed E-state index contributed by atoms with van der Waals surface area (Å²) in [5.41, 5.74) is 2.77. The van der Waals surface area contributed by atoms with Crippen LogP contribution in [0.4, 0.5) is 5.69 Å². The Hall–Kier alpha value is -2.33. The van der Waals surface area contributed by atoms with E-state index < -0.39 is 0 Å². The van der Waals surface area contributed by atoms with Crippen molar-refractivity contribution in [2.24, 2.45) is 0 Å². The highest BCUT2D eigenvalue weighted by atomic mass is 15.1. The minimum Gasteiger partial charge on any atom is -0.370 e. The van der Waals surface area contributed by atoms with Gasteiger partial charge >= 0.3 is 0 Å². The molecule has 0 radical (unpaired) electrons. The lowest BCUT2D eigenvalue weighted by Gasteiger charge is -2.29. The molecule has 0 amide bonds. The van der Waals surface area contributed by atoms with E-state index in [0.717, 1.165) is 31.6 Å². The summed E-state index contributed by atoms with van der Waals surface area (Å²) in [7, 11) is 0. The summed E-state index contributed by atoms with van der Waals surface area (Å²) in [5.74, 6) is 0. The summed E-state index contributed by atoms with van der Waals surface area (Å²) in [4.78, 5) is 6.25. The van der Waals surface area contributed by atoms with E-state index in [4.69, 9.17) is 10.5 Å². The van der Waals surface area contributed by atoms with E-state index in [2.05, 4.69) is 22.0 Å². The van der Waals surface area contributed by atoms with Crippen molar-refractivity contribution in [1.29, 1.82) is 10.5 Å². The quantitative estimate of drug-likeness (QED) is 0.684. The third kappa shape index (κ3) is 2.62. The van der Waals surface area contributed by atoms with Crippen LogP contribution in [0.15, 0.2) is 30.1 Å². The molecule has 0 spiro atoms. The number of allylic oxidation sites excluding steroid dienone is 1. The molecule has 0 N–H and O–H groups in total. The zero-order valence-corrected chi connectivity index (χ0v) is 9.43. The normalized spacial score (nSPS) is 14.9. The summed E-state index contributed by atoms with van der Waals surface area (Å²) in [6.07, 6.45) is 6.80. The lowest BCUT2D eigenvalue weighted by atomic mass is 10.0. The minimum atomic E-state index is 0.584. The van der Waals surface area contributed by atoms with Crippen LogP contribution in [0.25, 0.3) is 0 Å². The average Bonchev–Trinajstić information content (AvgIpc) is 2.40. The van der Waals surface area contributed by atoms with Crippen LogP contribution in [-0.4, -0.2) is 18.1 Å². The van der Waals surface area contributed by atoms with Crippen molar-refractivity contribution in [2.45, 2.75) is 12.8 Å². The highest BCUT2D eigenvalue weighted by molar-refractivity contribution is 5.49. The zero-order chi connectivity index (χ0) is 12.1. The molecule has 0 aromatic carbocycles. The fourth-order valence-corrected chi connectivity index (χ4v) is 1.95. The van der Waals surface area contributed by atoms with Crippen molar-refractivity contribution in [3.05, 3.63) is 35.7 Å². The van der Waals surface area contributed by atoms with Crippen LogP contribution in [0, 0.1) is 22.7 Å². The molecule has 0 bridgehead atoms. The van der Waals surface area contributed by atoms with Crippen LogP contribution >= 0.6 is 0 Å². The summed E-state index contributed by atoms with van der Waals surface area (Å²) >= 11 is 0. The predicted octanol–water partition coefficient (Wildman–Crippen LogP) is 2.00. The molecule has 1 aromatic rings. The van der Waals surface area contributed by atoms with E-state index in [9.17, 15) is 0 Å². The molecule has 2 rings (SSSR count). The van der Waals surface area contributed by atoms with Gasteiger partial charge in [0.15, 0.2) is 0 Å². The first kappa shape index (κ1) is 11.2. The Balaban J connectivity index is 2.09. The second-order valence-corrected chi connectivity index (χ2v) is 3.96. The van der Waals surface area contributed by atoms with Gasteiger partial charge in [0.2, 0.25) is 0 Å². The molecular formula is C13H12N4. The van der Waals surface area contributed by atoms with Crippen LogP contribution in [0.5, 0.6) is 0 Å². The van der Waals surface area contributed by atoms with Gasteiger partial charge in [0, 0.05) is 25.4 Å². The van der Waals surface area contributed by atoms with Gasteiger partial charge in [0.05, 0.1) is 23.5 Å². The Labute approximate surface area is 100 Å². The van der Waals surface area contributed by atoms with Gasteiger partial charge < -0.3 is 4.90 Å². The monoisotopic (exact) mass is 224 g/mol. The molecule has 0 unspecified atom stereocenters. The Morgan fingerprint density at radius 1 is 1.24 bits per heavy atom. The number of nitrogens with zero attached hydrogens (tertiary/aromatic N) is 4. The van der Waals surface area contributed by atoms with Crippen molar-refractivity contribution in [2.75, 3.05) is 18.0 Å². The number of aromatic nitrogens is 1. The Bertz CT molecular complexity index is 509. The number of anilines is 1. The van der Waals surface area contributed by atoms with Crippen LogP contribution in [-0.2, 0) is 0 Å². The summed E-state index contributed by atoms with van der Waals surface area (Å²) in [6, 6.07) is 6.02. The van der Waals surface area contributed by atoms with Gasteiger partial charge in [-0.15, -0.1) is 0 Å². The van der Waals surface area contributed by atoms with Crippen LogP contribution in [0.3, 0.4) is 0 Å². The highest BCUT2D eigenvalue weighted by Gasteiger charge is 2.14. The van der Waals surface area contributed by atoms with Crippen molar-refractivity contribution in [1.82, 2.24) is 4.98 Å². The van der Waals surface area contributed by atoms with Gasteiger partial charge in [0.25, 0.3) is 0 Å². The Kier molecular flexibility index (Phi) is 3.37. The average molecular weight is 224 g/mol. The molecule has 1 saturated heterocycles. The smallest absolute Gasteiger partial charge is 0.101 e. The van der Waals surface area contributed by atoms with Gasteiger partial charge in [-0.05, 0) is 18.9 Å². The van der Waals surface area contributed by atoms with Crippen molar-refractivity contribution < 1.29 is 0 Å². The molecule has 84 valence electrons. The van der Waals surface area contributed by atoms with Crippen molar-refractivity contribution in [3.63, 3.8) is 0 Å². The maximum Gasteiger partial charge on any atom is 0.101 e. The molecule has 1 aromatic heterocycles. The molecule has 0 atom stereocenters. The number of nitriles is 2. The summed E-state index contributed by atoms with van der Waals surface area (Å²) < 4.78 is 0. The minimum absolute atomic E-state index is 0.584. The Morgan fingerprint density at radius 2 is 2.00 bits per heavy atom. The molecule has 0 aliphatic carbocycles. The van der Waals surface area contributed by atoms with E-state index >= 15 is 0 Å². The van der Waals surface area contributed by atoms with Gasteiger partial charge in [-0.1, -0.05) is 5.57 Å². The number of pyridine rings is 1. The second-order valence-electron chi connectivity index (χ2n) is 3.96. The number of hydrogen-bond acceptors (Lipinski definition) is 4. The number of rotatable bonds is 1. The maximum atomic E-state index is 8.82. The molecule has 4 nitrogen and oxygen atoms in total. The maximum absolute atomic E-state index is 8.82. The van der Waals surface area contributed by atoms with Crippen molar-refractivity contribution >= 4 is 5.69 Å². The fourth-order valence-electron chi connectivity index (χ4n) is 1.95. The van der Waals surface area contributed by atoms with Crippen LogP contribution in [0.1, 0.15) is 18.4 Å². The van der Waals surface area contributed by atoms with E-state index in [1.54, 1.807) is 18.5 Å². The molecule has 1 aliphatic heterocycles. The summed E-state index contributed by atoms with van der Waals surface area (Å²) in [5, 5.41) is 17.4. The topological polar surface area (TPSA) is 63.7 Å². The van der Waals surface area contributed by atoms with Crippen molar-refractivity contribution in [3.8, 4) is 12.1 Å². The SMILES string of the molecule is N#CC=C1CCN(c2cncc(C#N)c2)CC1. The first-order valence-corrected chi connectivity index (χ1v) is 5.51. The van der Waals surface area contributed by atoms with E-state index in [1.165, 1.54) is 5.57 Å². The van der Waals surface area contributed by atoms with E-state index in [1.807, 2.05) is 6.07 Å². The number of piperidine rings is 1. The molecule has 1 fully saturated rings. The highest BCUT2D eigenvalue weighted by Crippen LogP contribution is 2.22. The van der Waals surface area contributed by atoms with Crippen LogP contribution in [0.2, 0.25) is 0 Å². The second kappa shape index (κ2) is 5.14. The standard InChI is InChI=1S/C13H12N4/c14-4-1-11-2-5-17(6-3-11)13-7-12(8-15)9-16-10-13/h1,7,9-10H,2-3,5-6H2. The zero-order valence-electron chi connectivity index (χ0n) is 9.43. The van der Waals surface area contributed by atoms with Gasteiger partial charge in [-0.2, -0.15) is 10.5 Å². The largest absolute Gasteiger partial charge is 0.370 e. The molecule has 4 heteroatoms. The lowest BCUT2D eigenvalue weighted by molar-refractivity contribution is 0.684. The van der Waals surface area contributed by atoms with Gasteiger partial charge in [-0.25, -0.2) is 0 Å². The molecule has 17 heavy (non-hydrogen) atoms. The van der Waals surface area contributed by atoms with Gasteiger partial charge in [-0.3, -0.25) is 4.98 Å².